The molecule has 1 unspecified atom stereocenters. The normalized spacial score (nSPS) is 16.6. The Morgan fingerprint density at radius 3 is 2.67 bits per heavy atom. The van der Waals surface area contributed by atoms with E-state index >= 15 is 0 Å². The zero-order valence-electron chi connectivity index (χ0n) is 15.6. The molecule has 0 spiro atoms. The number of nitrogens with one attached hydrogen (secondary N) is 1. The lowest BCUT2D eigenvalue weighted by Crippen LogP contribution is -2.33. The van der Waals surface area contributed by atoms with E-state index in [1.54, 1.807) is 38.5 Å². The highest BCUT2D eigenvalue weighted by Crippen LogP contribution is 2.38. The van der Waals surface area contributed by atoms with Crippen molar-refractivity contribution in [2.24, 2.45) is 0 Å². The summed E-state index contributed by atoms with van der Waals surface area (Å²) < 4.78 is 10.8. The number of hydrogen-bond donors (Lipinski definition) is 1. The lowest BCUT2D eigenvalue weighted by atomic mass is 10.0. The summed E-state index contributed by atoms with van der Waals surface area (Å²) in [6, 6.07) is 14.9. The second kappa shape index (κ2) is 8.56. The van der Waals surface area contributed by atoms with Crippen LogP contribution in [0.2, 0.25) is 0 Å². The van der Waals surface area contributed by atoms with E-state index in [-0.39, 0.29) is 11.9 Å². The van der Waals surface area contributed by atoms with Crippen LogP contribution in [0.15, 0.2) is 42.5 Å². The summed E-state index contributed by atoms with van der Waals surface area (Å²) in [4.78, 5) is 14.7. The lowest BCUT2D eigenvalue weighted by molar-refractivity contribution is -0.117. The fourth-order valence-electron chi connectivity index (χ4n) is 3.47. The van der Waals surface area contributed by atoms with Gasteiger partial charge in [-0.3, -0.25) is 9.69 Å². The molecule has 0 bridgehead atoms. The molecule has 1 atom stereocenters. The van der Waals surface area contributed by atoms with Crippen molar-refractivity contribution in [1.82, 2.24) is 4.90 Å². The minimum Gasteiger partial charge on any atom is -0.497 e. The smallest absolute Gasteiger partial charge is 0.238 e. The number of ether oxygens (including phenoxy) is 2. The fraction of sp³-hybridized carbons (Fsp3) is 0.333. The van der Waals surface area contributed by atoms with Crippen LogP contribution in [0.4, 0.5) is 5.69 Å². The lowest BCUT2D eigenvalue weighted by Gasteiger charge is -2.25. The first-order valence-corrected chi connectivity index (χ1v) is 8.90. The van der Waals surface area contributed by atoms with Gasteiger partial charge in [-0.05, 0) is 49.7 Å². The average molecular weight is 365 g/mol. The fourth-order valence-corrected chi connectivity index (χ4v) is 3.47. The predicted octanol–water partition coefficient (Wildman–Crippen LogP) is 3.35. The Balaban J connectivity index is 1.69. The summed E-state index contributed by atoms with van der Waals surface area (Å²) in [5.41, 5.74) is 2.33. The molecule has 1 saturated heterocycles. The van der Waals surface area contributed by atoms with Crippen LogP contribution in [0.1, 0.15) is 30.0 Å². The second-order valence-electron chi connectivity index (χ2n) is 6.47. The van der Waals surface area contributed by atoms with Crippen LogP contribution in [0.25, 0.3) is 0 Å². The number of likely N-dealkylation sites (tertiary alicyclic amines) is 1. The van der Waals surface area contributed by atoms with Crippen molar-refractivity contribution >= 4 is 11.6 Å². The quantitative estimate of drug-likeness (QED) is 0.850. The van der Waals surface area contributed by atoms with Crippen molar-refractivity contribution in [2.45, 2.75) is 18.9 Å². The zero-order valence-corrected chi connectivity index (χ0v) is 15.6. The van der Waals surface area contributed by atoms with Crippen LogP contribution >= 0.6 is 0 Å². The van der Waals surface area contributed by atoms with E-state index in [0.717, 1.165) is 36.4 Å². The molecule has 1 aliphatic rings. The maximum absolute atomic E-state index is 12.5. The van der Waals surface area contributed by atoms with Crippen molar-refractivity contribution in [3.8, 4) is 17.6 Å². The van der Waals surface area contributed by atoms with Crippen LogP contribution in [0.3, 0.4) is 0 Å². The Kier molecular flexibility index (Phi) is 5.94. The molecule has 0 aliphatic carbocycles. The van der Waals surface area contributed by atoms with E-state index in [4.69, 9.17) is 14.7 Å². The molecule has 1 N–H and O–H groups in total. The molecule has 1 fully saturated rings. The minimum atomic E-state index is -0.0703. The maximum atomic E-state index is 12.5. The van der Waals surface area contributed by atoms with Gasteiger partial charge in [0.05, 0.1) is 32.4 Å². The molecule has 0 aromatic heterocycles. The topological polar surface area (TPSA) is 74.6 Å². The zero-order chi connectivity index (χ0) is 19.2. The van der Waals surface area contributed by atoms with Gasteiger partial charge in [-0.2, -0.15) is 5.26 Å². The molecule has 140 valence electrons. The molecule has 1 aliphatic heterocycles. The standard InChI is InChI=1S/C21H23N3O3/c1-26-17-9-10-18(20(12-17)27-2)19-4-3-11-24(19)14-21(25)23-16-7-5-15(13-22)6-8-16/h5-10,12,19H,3-4,11,14H2,1-2H3,(H,23,25). The third-order valence-corrected chi connectivity index (χ3v) is 4.81. The van der Waals surface area contributed by atoms with Gasteiger partial charge in [0.25, 0.3) is 0 Å². The SMILES string of the molecule is COc1ccc(C2CCCN2CC(=O)Nc2ccc(C#N)cc2)c(OC)c1. The van der Waals surface area contributed by atoms with Gasteiger partial charge in [0, 0.05) is 23.4 Å². The maximum Gasteiger partial charge on any atom is 0.238 e. The van der Waals surface area contributed by atoms with Gasteiger partial charge >= 0.3 is 0 Å². The van der Waals surface area contributed by atoms with Crippen molar-refractivity contribution in [3.05, 3.63) is 53.6 Å². The average Bonchev–Trinajstić information content (AvgIpc) is 3.15. The van der Waals surface area contributed by atoms with Crippen molar-refractivity contribution in [2.75, 3.05) is 32.6 Å². The third kappa shape index (κ3) is 4.39. The van der Waals surface area contributed by atoms with Crippen LogP contribution in [-0.4, -0.2) is 38.1 Å². The summed E-state index contributed by atoms with van der Waals surface area (Å²) in [7, 11) is 3.28. The molecule has 2 aromatic rings. The second-order valence-corrected chi connectivity index (χ2v) is 6.47. The number of rotatable bonds is 6. The Morgan fingerprint density at radius 1 is 1.22 bits per heavy atom. The highest BCUT2D eigenvalue weighted by Gasteiger charge is 2.29. The van der Waals surface area contributed by atoms with Gasteiger partial charge in [-0.25, -0.2) is 0 Å². The Labute approximate surface area is 159 Å². The van der Waals surface area contributed by atoms with Crippen molar-refractivity contribution in [3.63, 3.8) is 0 Å². The van der Waals surface area contributed by atoms with Gasteiger partial charge in [-0.1, -0.05) is 6.07 Å². The number of hydrogen-bond acceptors (Lipinski definition) is 5. The van der Waals surface area contributed by atoms with E-state index < -0.39 is 0 Å². The van der Waals surface area contributed by atoms with Crippen LogP contribution in [0, 0.1) is 11.3 Å². The van der Waals surface area contributed by atoms with E-state index in [1.807, 2.05) is 18.2 Å². The minimum absolute atomic E-state index is 0.0703. The molecule has 3 rings (SSSR count). The molecular weight excluding hydrogens is 342 g/mol. The molecule has 0 saturated carbocycles. The summed E-state index contributed by atoms with van der Waals surface area (Å²) in [6.07, 6.45) is 2.01. The van der Waals surface area contributed by atoms with E-state index in [9.17, 15) is 4.79 Å². The number of carbonyl (C=O) groups is 1. The van der Waals surface area contributed by atoms with E-state index in [2.05, 4.69) is 16.3 Å². The molecule has 0 radical (unpaired) electrons. The molecule has 1 heterocycles. The summed E-state index contributed by atoms with van der Waals surface area (Å²) in [5.74, 6) is 1.46. The number of amides is 1. The number of carbonyl (C=O) groups excluding carboxylic acids is 1. The number of nitriles is 1. The first-order chi connectivity index (χ1) is 13.1. The highest BCUT2D eigenvalue weighted by atomic mass is 16.5. The van der Waals surface area contributed by atoms with Gasteiger partial charge in [0.2, 0.25) is 5.91 Å². The number of methoxy groups -OCH3 is 2. The number of anilines is 1. The third-order valence-electron chi connectivity index (χ3n) is 4.81. The Morgan fingerprint density at radius 2 is 2.00 bits per heavy atom. The monoisotopic (exact) mass is 365 g/mol. The molecule has 6 nitrogen and oxygen atoms in total. The Hall–Kier alpha value is -3.04. The van der Waals surface area contributed by atoms with Crippen LogP contribution < -0.4 is 14.8 Å². The first-order valence-electron chi connectivity index (χ1n) is 8.90. The Bertz CT molecular complexity index is 843. The van der Waals surface area contributed by atoms with Crippen molar-refractivity contribution in [1.29, 1.82) is 5.26 Å². The summed E-state index contributed by atoms with van der Waals surface area (Å²) in [5, 5.41) is 11.7. The van der Waals surface area contributed by atoms with E-state index in [1.165, 1.54) is 0 Å². The predicted molar refractivity (Wildman–Crippen MR) is 103 cm³/mol. The van der Waals surface area contributed by atoms with Crippen LogP contribution in [-0.2, 0) is 4.79 Å². The molecule has 27 heavy (non-hydrogen) atoms. The molecule has 2 aromatic carbocycles. The van der Waals surface area contributed by atoms with Crippen molar-refractivity contribution < 1.29 is 14.3 Å². The molecule has 1 amide bonds. The number of nitrogens with zero attached hydrogens (tertiary/aromatic N) is 2. The van der Waals surface area contributed by atoms with E-state index in [0.29, 0.717) is 17.8 Å². The van der Waals surface area contributed by atoms with Gasteiger partial charge in [0.1, 0.15) is 11.5 Å². The van der Waals surface area contributed by atoms with Crippen LogP contribution in [0.5, 0.6) is 11.5 Å². The first kappa shape index (κ1) is 18.7. The van der Waals surface area contributed by atoms with Gasteiger partial charge in [-0.15, -0.1) is 0 Å². The molecule has 6 heteroatoms. The highest BCUT2D eigenvalue weighted by molar-refractivity contribution is 5.92. The summed E-state index contributed by atoms with van der Waals surface area (Å²) >= 11 is 0. The molecular formula is C21H23N3O3. The van der Waals surface area contributed by atoms with Gasteiger partial charge in [0.15, 0.2) is 0 Å². The van der Waals surface area contributed by atoms with Gasteiger partial charge < -0.3 is 14.8 Å². The summed E-state index contributed by atoms with van der Waals surface area (Å²) in [6.45, 7) is 1.17. The number of benzene rings is 2. The largest absolute Gasteiger partial charge is 0.497 e.